The van der Waals surface area contributed by atoms with Gasteiger partial charge in [-0.2, -0.15) is 36.5 Å². The predicted molar refractivity (Wildman–Crippen MR) is 133 cm³/mol. The summed E-state index contributed by atoms with van der Waals surface area (Å²) in [5.41, 5.74) is -5.04. The van der Waals surface area contributed by atoms with Crippen molar-refractivity contribution in [3.05, 3.63) is 88.7 Å². The standard InChI is InChI=1S/C24H19F3N6O5S/c1-15-4-3-5-20(29-15)33-23(38-39(35,36)24(25,26)27)19-10-11-32(22(34)21(19)30-33)17-12-28-31(14-17)13-16-6-8-18(37-2)9-7-16/h3-12,14H,13H2,1-2H3. The molecule has 0 aliphatic carbocycles. The van der Waals surface area contributed by atoms with Gasteiger partial charge in [0.2, 0.25) is 5.88 Å². The molecule has 0 saturated heterocycles. The van der Waals surface area contributed by atoms with Gasteiger partial charge in [-0.1, -0.05) is 18.2 Å². The van der Waals surface area contributed by atoms with E-state index in [4.69, 9.17) is 4.74 Å². The van der Waals surface area contributed by atoms with E-state index in [0.29, 0.717) is 23.7 Å². The highest BCUT2D eigenvalue weighted by Crippen LogP contribution is 2.32. The third kappa shape index (κ3) is 4.95. The van der Waals surface area contributed by atoms with Crippen molar-refractivity contribution in [2.45, 2.75) is 19.0 Å². The lowest BCUT2D eigenvalue weighted by Gasteiger charge is -2.11. The highest BCUT2D eigenvalue weighted by molar-refractivity contribution is 7.88. The van der Waals surface area contributed by atoms with Crippen LogP contribution in [0.1, 0.15) is 11.3 Å². The van der Waals surface area contributed by atoms with Crippen molar-refractivity contribution < 1.29 is 30.5 Å². The number of pyridine rings is 2. The van der Waals surface area contributed by atoms with Crippen LogP contribution in [0, 0.1) is 6.92 Å². The van der Waals surface area contributed by atoms with Gasteiger partial charge in [0.25, 0.3) is 5.56 Å². The molecule has 202 valence electrons. The Morgan fingerprint density at radius 3 is 2.46 bits per heavy atom. The van der Waals surface area contributed by atoms with E-state index in [0.717, 1.165) is 10.2 Å². The van der Waals surface area contributed by atoms with Gasteiger partial charge in [0, 0.05) is 18.1 Å². The number of alkyl halides is 3. The summed E-state index contributed by atoms with van der Waals surface area (Å²) >= 11 is 0. The first-order valence-corrected chi connectivity index (χ1v) is 12.6. The number of fused-ring (bicyclic) bond motifs is 1. The van der Waals surface area contributed by atoms with Crippen molar-refractivity contribution in [2.75, 3.05) is 7.11 Å². The van der Waals surface area contributed by atoms with E-state index >= 15 is 0 Å². The molecule has 39 heavy (non-hydrogen) atoms. The number of aromatic nitrogens is 6. The van der Waals surface area contributed by atoms with Crippen LogP contribution in [0.15, 0.2) is 71.9 Å². The highest BCUT2D eigenvalue weighted by atomic mass is 32.2. The predicted octanol–water partition coefficient (Wildman–Crippen LogP) is 3.36. The van der Waals surface area contributed by atoms with Gasteiger partial charge in [0.15, 0.2) is 11.3 Å². The maximum atomic E-state index is 13.4. The van der Waals surface area contributed by atoms with Crippen LogP contribution in [-0.2, 0) is 16.7 Å². The van der Waals surface area contributed by atoms with Gasteiger partial charge in [-0.05, 0) is 42.8 Å². The molecule has 5 aromatic rings. The Bertz CT molecular complexity index is 1840. The van der Waals surface area contributed by atoms with Gasteiger partial charge >= 0.3 is 15.6 Å². The zero-order valence-electron chi connectivity index (χ0n) is 20.3. The van der Waals surface area contributed by atoms with Gasteiger partial charge in [-0.3, -0.25) is 14.0 Å². The molecule has 0 amide bonds. The summed E-state index contributed by atoms with van der Waals surface area (Å²) in [7, 11) is -4.51. The fraction of sp³-hybridized carbons (Fsp3) is 0.167. The van der Waals surface area contributed by atoms with Crippen LogP contribution in [0.2, 0.25) is 0 Å². The average Bonchev–Trinajstić information content (AvgIpc) is 3.49. The molecule has 4 heterocycles. The molecule has 15 heteroatoms. The second-order valence-electron chi connectivity index (χ2n) is 8.33. The third-order valence-electron chi connectivity index (χ3n) is 5.65. The van der Waals surface area contributed by atoms with Crippen molar-refractivity contribution in [3.63, 3.8) is 0 Å². The summed E-state index contributed by atoms with van der Waals surface area (Å²) in [4.78, 5) is 17.6. The quantitative estimate of drug-likeness (QED) is 0.219. The molecule has 0 aliphatic heterocycles. The molecule has 0 spiro atoms. The average molecular weight is 561 g/mol. The van der Waals surface area contributed by atoms with Gasteiger partial charge in [0.05, 0.1) is 30.9 Å². The second-order valence-corrected chi connectivity index (χ2v) is 9.87. The van der Waals surface area contributed by atoms with Crippen LogP contribution in [0.5, 0.6) is 11.6 Å². The lowest BCUT2D eigenvalue weighted by Crippen LogP contribution is -2.29. The number of hydrogen-bond acceptors (Lipinski definition) is 8. The Kier molecular flexibility index (Phi) is 6.38. The molecule has 0 unspecified atom stereocenters. The molecule has 0 N–H and O–H groups in total. The maximum Gasteiger partial charge on any atom is 0.534 e. The molecular formula is C24H19F3N6O5S. The molecule has 0 radical (unpaired) electrons. The number of aryl methyl sites for hydroxylation is 1. The SMILES string of the molecule is COc1ccc(Cn2cc(-n3ccc4c(OS(=O)(=O)C(F)(F)F)n(-c5cccc(C)n5)nc4c3=O)cn2)cc1. The molecule has 0 atom stereocenters. The van der Waals surface area contributed by atoms with E-state index in [-0.39, 0.29) is 16.7 Å². The Hall–Kier alpha value is -4.66. The van der Waals surface area contributed by atoms with Crippen molar-refractivity contribution in [3.8, 4) is 23.1 Å². The number of benzene rings is 1. The Morgan fingerprint density at radius 1 is 1.05 bits per heavy atom. The fourth-order valence-corrected chi connectivity index (χ4v) is 4.23. The number of halogens is 3. The van der Waals surface area contributed by atoms with Crippen molar-refractivity contribution >= 4 is 21.0 Å². The summed E-state index contributed by atoms with van der Waals surface area (Å²) in [6, 6.07) is 13.1. The highest BCUT2D eigenvalue weighted by Gasteiger charge is 2.49. The van der Waals surface area contributed by atoms with Crippen LogP contribution < -0.4 is 14.5 Å². The summed E-state index contributed by atoms with van der Waals surface area (Å²) in [6.07, 6.45) is 4.30. The minimum atomic E-state index is -6.08. The lowest BCUT2D eigenvalue weighted by atomic mass is 10.2. The Morgan fingerprint density at radius 2 is 1.79 bits per heavy atom. The second kappa shape index (κ2) is 9.58. The maximum absolute atomic E-state index is 13.4. The summed E-state index contributed by atoms with van der Waals surface area (Å²) in [5.74, 6) is -0.164. The number of hydrogen-bond donors (Lipinski definition) is 0. The van der Waals surface area contributed by atoms with E-state index in [9.17, 15) is 26.4 Å². The minimum absolute atomic E-state index is 0.0446. The number of rotatable bonds is 7. The van der Waals surface area contributed by atoms with Gasteiger partial charge in [0.1, 0.15) is 5.75 Å². The summed E-state index contributed by atoms with van der Waals surface area (Å²) < 4.78 is 76.3. The molecule has 5 rings (SSSR count). The smallest absolute Gasteiger partial charge is 0.497 e. The topological polar surface area (TPSA) is 123 Å². The largest absolute Gasteiger partial charge is 0.534 e. The normalized spacial score (nSPS) is 12.1. The van der Waals surface area contributed by atoms with E-state index in [1.165, 1.54) is 29.1 Å². The Labute approximate surface area is 218 Å². The number of nitrogens with zero attached hydrogens (tertiary/aromatic N) is 6. The minimum Gasteiger partial charge on any atom is -0.497 e. The van der Waals surface area contributed by atoms with Crippen molar-refractivity contribution in [1.82, 2.24) is 29.1 Å². The molecule has 1 aromatic carbocycles. The zero-order chi connectivity index (χ0) is 27.9. The van der Waals surface area contributed by atoms with Crippen molar-refractivity contribution in [2.24, 2.45) is 0 Å². The van der Waals surface area contributed by atoms with Crippen LogP contribution in [0.3, 0.4) is 0 Å². The van der Waals surface area contributed by atoms with Gasteiger partial charge in [-0.15, -0.1) is 0 Å². The third-order valence-corrected chi connectivity index (χ3v) is 6.60. The van der Waals surface area contributed by atoms with Crippen LogP contribution in [-0.4, -0.2) is 50.1 Å². The zero-order valence-corrected chi connectivity index (χ0v) is 21.1. The van der Waals surface area contributed by atoms with Gasteiger partial charge in [-0.25, -0.2) is 4.98 Å². The van der Waals surface area contributed by atoms with Crippen LogP contribution in [0.25, 0.3) is 22.4 Å². The molecule has 0 aliphatic rings. The Balaban J connectivity index is 1.58. The molecule has 0 bridgehead atoms. The first-order valence-electron chi connectivity index (χ1n) is 11.2. The molecule has 0 saturated carbocycles. The van der Waals surface area contributed by atoms with E-state index in [1.54, 1.807) is 49.2 Å². The summed E-state index contributed by atoms with van der Waals surface area (Å²) in [6.45, 7) is 2.01. The number of methoxy groups -OCH3 is 1. The molecular weight excluding hydrogens is 541 g/mol. The van der Waals surface area contributed by atoms with Crippen LogP contribution in [0.4, 0.5) is 13.2 Å². The first-order chi connectivity index (χ1) is 18.5. The monoisotopic (exact) mass is 560 g/mol. The molecule has 11 nitrogen and oxygen atoms in total. The van der Waals surface area contributed by atoms with Gasteiger partial charge < -0.3 is 8.92 Å². The summed E-state index contributed by atoms with van der Waals surface area (Å²) in [5, 5.41) is 8.11. The van der Waals surface area contributed by atoms with E-state index in [2.05, 4.69) is 19.4 Å². The molecule has 4 aromatic heterocycles. The first kappa shape index (κ1) is 26.0. The molecule has 0 fully saturated rings. The van der Waals surface area contributed by atoms with Crippen molar-refractivity contribution in [1.29, 1.82) is 0 Å². The number of ether oxygens (including phenoxy) is 1. The lowest BCUT2D eigenvalue weighted by molar-refractivity contribution is -0.0501. The van der Waals surface area contributed by atoms with E-state index in [1.807, 2.05) is 12.1 Å². The fourth-order valence-electron chi connectivity index (χ4n) is 3.77. The van der Waals surface area contributed by atoms with Crippen LogP contribution >= 0.6 is 0 Å². The van der Waals surface area contributed by atoms with E-state index < -0.39 is 27.1 Å².